The first kappa shape index (κ1) is 24.3. The average Bonchev–Trinajstić information content (AvgIpc) is 3.19. The van der Waals surface area contributed by atoms with E-state index in [1.807, 2.05) is 7.05 Å². The summed E-state index contributed by atoms with van der Waals surface area (Å²) in [5.41, 5.74) is -2.54. The van der Waals surface area contributed by atoms with Crippen LogP contribution < -0.4 is 5.32 Å². The molecule has 0 spiro atoms. The van der Waals surface area contributed by atoms with E-state index in [1.165, 1.54) is 30.7 Å². The van der Waals surface area contributed by atoms with Gasteiger partial charge in [-0.15, -0.1) is 0 Å². The number of benzene rings is 1. The van der Waals surface area contributed by atoms with Crippen LogP contribution in [0.3, 0.4) is 0 Å². The number of halogens is 3. The van der Waals surface area contributed by atoms with Gasteiger partial charge < -0.3 is 9.88 Å². The van der Waals surface area contributed by atoms with Gasteiger partial charge in [0.1, 0.15) is 11.2 Å². The summed E-state index contributed by atoms with van der Waals surface area (Å²) in [5, 5.41) is 2.79. The molecule has 9 nitrogen and oxygen atoms in total. The van der Waals surface area contributed by atoms with Gasteiger partial charge in [-0.2, -0.15) is 13.2 Å². The van der Waals surface area contributed by atoms with Gasteiger partial charge in [-0.1, -0.05) is 12.1 Å². The van der Waals surface area contributed by atoms with Crippen molar-refractivity contribution in [2.24, 2.45) is 7.05 Å². The van der Waals surface area contributed by atoms with E-state index in [2.05, 4.69) is 25.3 Å². The zero-order valence-electron chi connectivity index (χ0n) is 18.5. The van der Waals surface area contributed by atoms with Gasteiger partial charge >= 0.3 is 5.51 Å². The molecule has 0 radical (unpaired) electrons. The topological polar surface area (TPSA) is 120 Å². The number of alkyl halides is 3. The Labute approximate surface area is 198 Å². The van der Waals surface area contributed by atoms with Crippen LogP contribution in [0.25, 0.3) is 11.0 Å². The van der Waals surface area contributed by atoms with Crippen molar-refractivity contribution < 1.29 is 26.4 Å². The van der Waals surface area contributed by atoms with Gasteiger partial charge in [0.15, 0.2) is 0 Å². The van der Waals surface area contributed by atoms with E-state index in [9.17, 15) is 26.4 Å². The summed E-state index contributed by atoms with van der Waals surface area (Å²) in [6.07, 6.45) is 6.07. The molecule has 1 N–H and O–H groups in total. The first-order valence-electron chi connectivity index (χ1n) is 10.2. The minimum absolute atomic E-state index is 0.0733. The highest BCUT2D eigenvalue weighted by molar-refractivity contribution is 7.92. The number of hydrogen-bond acceptors (Lipinski definition) is 7. The van der Waals surface area contributed by atoms with E-state index in [0.717, 1.165) is 17.6 Å². The van der Waals surface area contributed by atoms with Gasteiger partial charge in [0.2, 0.25) is 0 Å². The van der Waals surface area contributed by atoms with Gasteiger partial charge in [-0.3, -0.25) is 14.8 Å². The molecule has 0 aliphatic heterocycles. The largest absolute Gasteiger partial charge is 0.501 e. The molecule has 35 heavy (non-hydrogen) atoms. The number of nitrogens with zero attached hydrogens (tertiary/aromatic N) is 5. The molecule has 1 amide bonds. The molecule has 13 heteroatoms. The SMILES string of the molecule is CC(NC(=O)c1cc2c(cn1)ncn2C)c1cnc(Cc2cccc(S(=O)(=O)C(F)(F)F)c2)cn1. The van der Waals surface area contributed by atoms with E-state index in [-0.39, 0.29) is 12.1 Å². The Morgan fingerprint density at radius 2 is 1.86 bits per heavy atom. The fourth-order valence-electron chi connectivity index (χ4n) is 3.34. The quantitative estimate of drug-likeness (QED) is 0.428. The lowest BCUT2D eigenvalue weighted by Gasteiger charge is -2.13. The van der Waals surface area contributed by atoms with Crippen LogP contribution in [0.5, 0.6) is 0 Å². The molecule has 0 bridgehead atoms. The van der Waals surface area contributed by atoms with Crippen LogP contribution in [0.15, 0.2) is 60.1 Å². The zero-order valence-corrected chi connectivity index (χ0v) is 19.3. The van der Waals surface area contributed by atoms with Gasteiger partial charge in [-0.05, 0) is 30.7 Å². The third kappa shape index (κ3) is 4.99. The van der Waals surface area contributed by atoms with Crippen molar-refractivity contribution in [3.63, 3.8) is 0 Å². The van der Waals surface area contributed by atoms with Crippen molar-refractivity contribution in [3.8, 4) is 0 Å². The predicted molar refractivity (Wildman–Crippen MR) is 119 cm³/mol. The number of pyridine rings is 1. The molecule has 1 aromatic carbocycles. The number of aromatic nitrogens is 5. The third-order valence-corrected chi connectivity index (χ3v) is 6.74. The summed E-state index contributed by atoms with van der Waals surface area (Å²) in [6, 6.07) is 5.73. The number of amides is 1. The van der Waals surface area contributed by atoms with Crippen molar-refractivity contribution in [1.82, 2.24) is 29.8 Å². The van der Waals surface area contributed by atoms with E-state index in [4.69, 9.17) is 0 Å². The number of aryl methyl sites for hydroxylation is 1. The minimum atomic E-state index is -5.44. The van der Waals surface area contributed by atoms with Crippen molar-refractivity contribution >= 4 is 26.8 Å². The zero-order chi connectivity index (χ0) is 25.4. The Balaban J connectivity index is 1.44. The lowest BCUT2D eigenvalue weighted by atomic mass is 10.1. The highest BCUT2D eigenvalue weighted by Crippen LogP contribution is 2.30. The first-order valence-corrected chi connectivity index (χ1v) is 11.7. The van der Waals surface area contributed by atoms with Gasteiger partial charge in [-0.25, -0.2) is 18.4 Å². The molecule has 0 saturated heterocycles. The summed E-state index contributed by atoms with van der Waals surface area (Å²) < 4.78 is 63.5. The molecular formula is C22H19F3N6O3S. The van der Waals surface area contributed by atoms with Crippen LogP contribution >= 0.6 is 0 Å². The van der Waals surface area contributed by atoms with Gasteiger partial charge in [0.05, 0.1) is 46.6 Å². The molecule has 4 rings (SSSR count). The van der Waals surface area contributed by atoms with E-state index >= 15 is 0 Å². The average molecular weight is 504 g/mol. The summed E-state index contributed by atoms with van der Waals surface area (Å²) in [7, 11) is -3.63. The highest BCUT2D eigenvalue weighted by atomic mass is 32.2. The fourth-order valence-corrected chi connectivity index (χ4v) is 4.18. The van der Waals surface area contributed by atoms with Crippen molar-refractivity contribution in [3.05, 3.63) is 77.9 Å². The molecule has 1 unspecified atom stereocenters. The summed E-state index contributed by atoms with van der Waals surface area (Å²) >= 11 is 0. The number of fused-ring (bicyclic) bond motifs is 1. The molecule has 0 fully saturated rings. The maximum absolute atomic E-state index is 12.8. The normalized spacial score (nSPS) is 13.1. The van der Waals surface area contributed by atoms with E-state index in [1.54, 1.807) is 23.9 Å². The molecule has 1 atom stereocenters. The van der Waals surface area contributed by atoms with Crippen molar-refractivity contribution in [1.29, 1.82) is 0 Å². The van der Waals surface area contributed by atoms with E-state index < -0.39 is 32.2 Å². The standard InChI is InChI=1S/C22H19F3N6O3S/c1-13(30-21(32)17-8-20-19(11-28-17)29-12-31(20)2)18-10-26-15(9-27-18)6-14-4-3-5-16(7-14)35(33,34)22(23,24)25/h3-5,7-13H,6H2,1-2H3,(H,30,32). The monoisotopic (exact) mass is 504 g/mol. The molecule has 4 aromatic rings. The van der Waals surface area contributed by atoms with Gasteiger partial charge in [0.25, 0.3) is 15.7 Å². The van der Waals surface area contributed by atoms with Crippen LogP contribution in [0, 0.1) is 0 Å². The molecular weight excluding hydrogens is 485 g/mol. The van der Waals surface area contributed by atoms with Crippen LogP contribution in [0.2, 0.25) is 0 Å². The van der Waals surface area contributed by atoms with Gasteiger partial charge in [0, 0.05) is 19.7 Å². The van der Waals surface area contributed by atoms with Crippen molar-refractivity contribution in [2.75, 3.05) is 0 Å². The molecule has 0 aliphatic carbocycles. The first-order chi connectivity index (χ1) is 16.5. The van der Waals surface area contributed by atoms with Crippen LogP contribution in [-0.2, 0) is 23.3 Å². The third-order valence-electron chi connectivity index (χ3n) is 5.26. The Hall–Kier alpha value is -3.87. The predicted octanol–water partition coefficient (Wildman–Crippen LogP) is 3.13. The maximum atomic E-state index is 12.8. The van der Waals surface area contributed by atoms with Crippen LogP contribution in [0.4, 0.5) is 13.2 Å². The van der Waals surface area contributed by atoms with E-state index in [0.29, 0.717) is 22.5 Å². The second-order valence-electron chi connectivity index (χ2n) is 7.81. The number of rotatable bonds is 6. The number of imidazole rings is 1. The Bertz CT molecular complexity index is 1500. The lowest BCUT2D eigenvalue weighted by molar-refractivity contribution is -0.0436. The Morgan fingerprint density at radius 3 is 2.54 bits per heavy atom. The molecule has 0 aliphatic rings. The Morgan fingerprint density at radius 1 is 1.09 bits per heavy atom. The summed E-state index contributed by atoms with van der Waals surface area (Å²) in [4.78, 5) is 28.6. The van der Waals surface area contributed by atoms with Crippen LogP contribution in [0.1, 0.15) is 40.4 Å². The number of sulfone groups is 1. The fraction of sp³-hybridized carbons (Fsp3) is 0.227. The molecule has 0 saturated carbocycles. The summed E-state index contributed by atoms with van der Waals surface area (Å²) in [5.74, 6) is -0.408. The lowest BCUT2D eigenvalue weighted by Crippen LogP contribution is -2.28. The number of carbonyl (C=O) groups is 1. The second kappa shape index (κ2) is 9.06. The number of nitrogens with one attached hydrogen (secondary N) is 1. The second-order valence-corrected chi connectivity index (χ2v) is 9.76. The summed E-state index contributed by atoms with van der Waals surface area (Å²) in [6.45, 7) is 1.72. The number of carbonyl (C=O) groups excluding carboxylic acids is 1. The molecule has 3 heterocycles. The number of hydrogen-bond donors (Lipinski definition) is 1. The van der Waals surface area contributed by atoms with Crippen LogP contribution in [-0.4, -0.2) is 44.3 Å². The molecule has 182 valence electrons. The Kier molecular flexibility index (Phi) is 6.28. The maximum Gasteiger partial charge on any atom is 0.501 e. The minimum Gasteiger partial charge on any atom is -0.343 e. The van der Waals surface area contributed by atoms with Crippen molar-refractivity contribution in [2.45, 2.75) is 29.8 Å². The molecule has 3 aromatic heterocycles. The smallest absolute Gasteiger partial charge is 0.343 e. The highest BCUT2D eigenvalue weighted by Gasteiger charge is 2.46.